The van der Waals surface area contributed by atoms with Crippen LogP contribution in [0.3, 0.4) is 0 Å². The zero-order valence-corrected chi connectivity index (χ0v) is 23.6. The van der Waals surface area contributed by atoms with Gasteiger partial charge in [0.05, 0.1) is 11.6 Å². The fraction of sp³-hybridized carbons (Fsp3) is 0.152. The van der Waals surface area contributed by atoms with Crippen molar-refractivity contribution in [1.29, 1.82) is 0 Å². The van der Waals surface area contributed by atoms with Gasteiger partial charge in [0.1, 0.15) is 0 Å². The van der Waals surface area contributed by atoms with Gasteiger partial charge in [-0.15, -0.1) is 0 Å². The van der Waals surface area contributed by atoms with E-state index in [0.717, 1.165) is 48.9 Å². The molecule has 0 aliphatic rings. The minimum absolute atomic E-state index is 0.110. The van der Waals surface area contributed by atoms with Gasteiger partial charge in [-0.05, 0) is 91.1 Å². The van der Waals surface area contributed by atoms with Gasteiger partial charge in [0.15, 0.2) is 0 Å². The van der Waals surface area contributed by atoms with Crippen molar-refractivity contribution in [2.75, 3.05) is 0 Å². The molecule has 6 heteroatoms. The molecule has 0 bridgehead atoms. The summed E-state index contributed by atoms with van der Waals surface area (Å²) >= 11 is 3.45. The van der Waals surface area contributed by atoms with Crippen LogP contribution in [0.1, 0.15) is 56.1 Å². The smallest absolute Gasteiger partial charge is 0.335 e. The number of halogens is 1. The molecule has 1 heterocycles. The standard InChI is InChI=1S/C33H29BrN2O3/c1-20-22(3)36(19-27-7-4-5-10-29(27)24-8-6-9-26(17-24)33(38)39)31-16-13-25(18-30(20)31)32(37)35-21(2)23-11-14-28(34)15-12-23/h4-18,21H,19H2,1-3H3,(H,35,37)(H,38,39). The Morgan fingerprint density at radius 1 is 0.897 bits per heavy atom. The first-order valence-corrected chi connectivity index (χ1v) is 13.6. The van der Waals surface area contributed by atoms with Crippen LogP contribution in [0, 0.1) is 13.8 Å². The maximum atomic E-state index is 13.1. The number of carbonyl (C=O) groups is 2. The average Bonchev–Trinajstić information content (AvgIpc) is 3.18. The molecule has 2 N–H and O–H groups in total. The van der Waals surface area contributed by atoms with Crippen LogP contribution < -0.4 is 5.32 Å². The van der Waals surface area contributed by atoms with Crippen molar-refractivity contribution < 1.29 is 14.7 Å². The molecule has 1 aromatic heterocycles. The van der Waals surface area contributed by atoms with E-state index in [1.807, 2.05) is 73.7 Å². The monoisotopic (exact) mass is 580 g/mol. The molecule has 0 spiro atoms. The number of nitrogens with zero attached hydrogens (tertiary/aromatic N) is 1. The highest BCUT2D eigenvalue weighted by Gasteiger charge is 2.17. The number of carboxylic acids is 1. The van der Waals surface area contributed by atoms with E-state index in [-0.39, 0.29) is 17.5 Å². The summed E-state index contributed by atoms with van der Waals surface area (Å²) < 4.78 is 3.26. The fourth-order valence-electron chi connectivity index (χ4n) is 5.04. The summed E-state index contributed by atoms with van der Waals surface area (Å²) in [6.07, 6.45) is 0. The minimum Gasteiger partial charge on any atom is -0.478 e. The summed E-state index contributed by atoms with van der Waals surface area (Å²) in [7, 11) is 0. The Hall–Kier alpha value is -4.16. The second-order valence-corrected chi connectivity index (χ2v) is 10.7. The van der Waals surface area contributed by atoms with Gasteiger partial charge >= 0.3 is 5.97 Å². The summed E-state index contributed by atoms with van der Waals surface area (Å²) in [6, 6.07) is 28.8. The molecular formula is C33H29BrN2O3. The van der Waals surface area contributed by atoms with Crippen molar-refractivity contribution in [1.82, 2.24) is 9.88 Å². The Morgan fingerprint density at radius 3 is 2.38 bits per heavy atom. The molecule has 0 aliphatic carbocycles. The molecular weight excluding hydrogens is 552 g/mol. The number of amides is 1. The van der Waals surface area contributed by atoms with Gasteiger partial charge < -0.3 is 15.0 Å². The third-order valence-electron chi connectivity index (χ3n) is 7.39. The van der Waals surface area contributed by atoms with Crippen LogP contribution in [0.25, 0.3) is 22.0 Å². The number of hydrogen-bond acceptors (Lipinski definition) is 2. The van der Waals surface area contributed by atoms with Crippen LogP contribution in [0.5, 0.6) is 0 Å². The first-order chi connectivity index (χ1) is 18.7. The summed E-state index contributed by atoms with van der Waals surface area (Å²) in [6.45, 7) is 6.78. The predicted molar refractivity (Wildman–Crippen MR) is 159 cm³/mol. The van der Waals surface area contributed by atoms with E-state index in [1.54, 1.807) is 18.2 Å². The van der Waals surface area contributed by atoms with Crippen molar-refractivity contribution in [3.05, 3.63) is 129 Å². The summed E-state index contributed by atoms with van der Waals surface area (Å²) in [5.41, 5.74) is 8.19. The molecule has 0 fully saturated rings. The molecule has 5 aromatic rings. The maximum Gasteiger partial charge on any atom is 0.335 e. The fourth-order valence-corrected chi connectivity index (χ4v) is 5.30. The van der Waals surface area contributed by atoms with Gasteiger partial charge in [-0.25, -0.2) is 4.79 Å². The number of aromatic carboxylic acids is 1. The lowest BCUT2D eigenvalue weighted by molar-refractivity contribution is 0.0696. The van der Waals surface area contributed by atoms with E-state index in [4.69, 9.17) is 0 Å². The van der Waals surface area contributed by atoms with Gasteiger partial charge in [0.25, 0.3) is 5.91 Å². The number of nitrogens with one attached hydrogen (secondary N) is 1. The number of rotatable bonds is 7. The van der Waals surface area contributed by atoms with Crippen LogP contribution in [-0.2, 0) is 6.54 Å². The van der Waals surface area contributed by atoms with E-state index in [2.05, 4.69) is 45.7 Å². The molecule has 0 saturated carbocycles. The minimum atomic E-state index is -0.941. The lowest BCUT2D eigenvalue weighted by atomic mass is 9.98. The first-order valence-electron chi connectivity index (χ1n) is 12.8. The van der Waals surface area contributed by atoms with Gasteiger partial charge in [0.2, 0.25) is 0 Å². The molecule has 39 heavy (non-hydrogen) atoms. The van der Waals surface area contributed by atoms with Crippen molar-refractivity contribution in [2.45, 2.75) is 33.4 Å². The summed E-state index contributed by atoms with van der Waals surface area (Å²) in [4.78, 5) is 24.7. The second kappa shape index (κ2) is 10.9. The molecule has 5 nitrogen and oxygen atoms in total. The van der Waals surface area contributed by atoms with Gasteiger partial charge in [-0.3, -0.25) is 4.79 Å². The van der Waals surface area contributed by atoms with Crippen molar-refractivity contribution in [3.8, 4) is 11.1 Å². The average molecular weight is 582 g/mol. The lowest BCUT2D eigenvalue weighted by Crippen LogP contribution is -2.26. The largest absolute Gasteiger partial charge is 0.478 e. The number of fused-ring (bicyclic) bond motifs is 1. The van der Waals surface area contributed by atoms with E-state index >= 15 is 0 Å². The Kier molecular flexibility index (Phi) is 7.40. The topological polar surface area (TPSA) is 71.3 Å². The summed E-state index contributed by atoms with van der Waals surface area (Å²) in [5, 5.41) is 13.6. The number of carboxylic acid groups (broad SMARTS) is 1. The number of hydrogen-bond donors (Lipinski definition) is 2. The Balaban J connectivity index is 1.45. The highest BCUT2D eigenvalue weighted by Crippen LogP contribution is 2.31. The maximum absolute atomic E-state index is 13.1. The molecule has 4 aromatic carbocycles. The van der Waals surface area contributed by atoms with Crippen LogP contribution >= 0.6 is 15.9 Å². The highest BCUT2D eigenvalue weighted by atomic mass is 79.9. The number of benzene rings is 4. The normalized spacial score (nSPS) is 11.9. The molecule has 1 amide bonds. The quantitative estimate of drug-likeness (QED) is 0.205. The lowest BCUT2D eigenvalue weighted by Gasteiger charge is -2.15. The highest BCUT2D eigenvalue weighted by molar-refractivity contribution is 9.10. The molecule has 0 radical (unpaired) electrons. The molecule has 5 rings (SSSR count). The third-order valence-corrected chi connectivity index (χ3v) is 7.91. The zero-order valence-electron chi connectivity index (χ0n) is 22.0. The number of carbonyl (C=O) groups excluding carboxylic acids is 1. The van der Waals surface area contributed by atoms with Crippen LogP contribution in [0.2, 0.25) is 0 Å². The Bertz CT molecular complexity index is 1700. The van der Waals surface area contributed by atoms with E-state index in [9.17, 15) is 14.7 Å². The molecule has 0 aliphatic heterocycles. The zero-order chi connectivity index (χ0) is 27.7. The molecule has 0 saturated heterocycles. The SMILES string of the molecule is Cc1c(C)n(Cc2ccccc2-c2cccc(C(=O)O)c2)c2ccc(C(=O)NC(C)c3ccc(Br)cc3)cc12. The van der Waals surface area contributed by atoms with E-state index in [1.165, 1.54) is 0 Å². The predicted octanol–water partition coefficient (Wildman–Crippen LogP) is 7.93. The third kappa shape index (κ3) is 5.38. The Labute approximate surface area is 236 Å². The van der Waals surface area contributed by atoms with E-state index in [0.29, 0.717) is 12.1 Å². The summed E-state index contributed by atoms with van der Waals surface area (Å²) in [5.74, 6) is -1.05. The number of aryl methyl sites for hydroxylation is 1. The van der Waals surface area contributed by atoms with Gasteiger partial charge in [-0.2, -0.15) is 0 Å². The van der Waals surface area contributed by atoms with Crippen LogP contribution in [-0.4, -0.2) is 21.6 Å². The van der Waals surface area contributed by atoms with Crippen molar-refractivity contribution in [2.24, 2.45) is 0 Å². The van der Waals surface area contributed by atoms with Gasteiger partial charge in [0, 0.05) is 33.2 Å². The first kappa shape index (κ1) is 26.4. The van der Waals surface area contributed by atoms with E-state index < -0.39 is 5.97 Å². The molecule has 196 valence electrons. The van der Waals surface area contributed by atoms with Crippen LogP contribution in [0.15, 0.2) is 95.5 Å². The van der Waals surface area contributed by atoms with Crippen LogP contribution in [0.4, 0.5) is 0 Å². The second-order valence-electron chi connectivity index (χ2n) is 9.82. The molecule has 1 unspecified atom stereocenters. The Morgan fingerprint density at radius 2 is 1.64 bits per heavy atom. The van der Waals surface area contributed by atoms with Crippen molar-refractivity contribution in [3.63, 3.8) is 0 Å². The van der Waals surface area contributed by atoms with Gasteiger partial charge in [-0.1, -0.05) is 64.5 Å². The molecule has 1 atom stereocenters. The number of aromatic nitrogens is 1. The van der Waals surface area contributed by atoms with Crippen molar-refractivity contribution >= 4 is 38.7 Å².